The van der Waals surface area contributed by atoms with Crippen LogP contribution >= 0.6 is 0 Å². The highest BCUT2D eigenvalue weighted by molar-refractivity contribution is 5.79. The SMILES string of the molecule is Cc1nonc1CNC(=O)[C@@H](C)O. The zero-order valence-corrected chi connectivity index (χ0v) is 7.44. The Hall–Kier alpha value is -1.43. The second kappa shape index (κ2) is 3.99. The van der Waals surface area contributed by atoms with Crippen LogP contribution in [-0.2, 0) is 11.3 Å². The van der Waals surface area contributed by atoms with E-state index >= 15 is 0 Å². The maximum Gasteiger partial charge on any atom is 0.248 e. The van der Waals surface area contributed by atoms with Crippen molar-refractivity contribution in [1.82, 2.24) is 15.6 Å². The number of nitrogens with one attached hydrogen (secondary N) is 1. The molecule has 0 aliphatic heterocycles. The number of hydrogen-bond acceptors (Lipinski definition) is 5. The van der Waals surface area contributed by atoms with Crippen LogP contribution in [-0.4, -0.2) is 27.4 Å². The Morgan fingerprint density at radius 3 is 2.85 bits per heavy atom. The van der Waals surface area contributed by atoms with Gasteiger partial charge >= 0.3 is 0 Å². The highest BCUT2D eigenvalue weighted by atomic mass is 16.6. The molecule has 1 heterocycles. The van der Waals surface area contributed by atoms with Gasteiger partial charge < -0.3 is 10.4 Å². The zero-order chi connectivity index (χ0) is 9.84. The van der Waals surface area contributed by atoms with Crippen LogP contribution in [0.5, 0.6) is 0 Å². The second-order valence-corrected chi connectivity index (χ2v) is 2.69. The summed E-state index contributed by atoms with van der Waals surface area (Å²) in [5.74, 6) is -0.442. The lowest BCUT2D eigenvalue weighted by atomic mass is 10.3. The van der Waals surface area contributed by atoms with Crippen LogP contribution in [0.25, 0.3) is 0 Å². The van der Waals surface area contributed by atoms with Gasteiger partial charge in [0.15, 0.2) is 0 Å². The van der Waals surface area contributed by atoms with Crippen molar-refractivity contribution in [2.24, 2.45) is 0 Å². The largest absolute Gasteiger partial charge is 0.384 e. The highest BCUT2D eigenvalue weighted by Gasteiger charge is 2.10. The lowest BCUT2D eigenvalue weighted by molar-refractivity contribution is -0.128. The normalized spacial score (nSPS) is 12.5. The van der Waals surface area contributed by atoms with Gasteiger partial charge in [0.25, 0.3) is 0 Å². The van der Waals surface area contributed by atoms with E-state index in [9.17, 15) is 4.79 Å². The Morgan fingerprint density at radius 2 is 2.38 bits per heavy atom. The van der Waals surface area contributed by atoms with Gasteiger partial charge in [-0.15, -0.1) is 0 Å². The summed E-state index contributed by atoms with van der Waals surface area (Å²) < 4.78 is 4.42. The van der Waals surface area contributed by atoms with Crippen LogP contribution in [0, 0.1) is 6.92 Å². The van der Waals surface area contributed by atoms with Crippen LogP contribution in [0.2, 0.25) is 0 Å². The quantitative estimate of drug-likeness (QED) is 0.654. The van der Waals surface area contributed by atoms with E-state index in [1.165, 1.54) is 6.92 Å². The fourth-order valence-electron chi connectivity index (χ4n) is 0.728. The van der Waals surface area contributed by atoms with E-state index in [1.54, 1.807) is 6.92 Å². The Balaban J connectivity index is 2.44. The molecule has 0 fully saturated rings. The van der Waals surface area contributed by atoms with Gasteiger partial charge in [-0.1, -0.05) is 10.3 Å². The number of amides is 1. The van der Waals surface area contributed by atoms with E-state index in [4.69, 9.17) is 5.11 Å². The standard InChI is InChI=1S/C7H11N3O3/c1-4-6(10-13-9-4)3-8-7(12)5(2)11/h5,11H,3H2,1-2H3,(H,8,12)/t5-/m1/s1. The molecule has 0 unspecified atom stereocenters. The summed E-state index contributed by atoms with van der Waals surface area (Å²) in [7, 11) is 0. The van der Waals surface area contributed by atoms with Crippen molar-refractivity contribution in [2.45, 2.75) is 26.5 Å². The van der Waals surface area contributed by atoms with Crippen LogP contribution in [0.3, 0.4) is 0 Å². The molecule has 1 rings (SSSR count). The van der Waals surface area contributed by atoms with Crippen molar-refractivity contribution >= 4 is 5.91 Å². The van der Waals surface area contributed by atoms with Crippen LogP contribution in [0.1, 0.15) is 18.3 Å². The summed E-state index contributed by atoms with van der Waals surface area (Å²) in [5, 5.41) is 18.4. The predicted molar refractivity (Wildman–Crippen MR) is 42.6 cm³/mol. The number of nitrogens with zero attached hydrogens (tertiary/aromatic N) is 2. The van der Waals surface area contributed by atoms with Crippen molar-refractivity contribution in [3.05, 3.63) is 11.4 Å². The van der Waals surface area contributed by atoms with E-state index in [2.05, 4.69) is 20.3 Å². The van der Waals surface area contributed by atoms with Gasteiger partial charge in [0.2, 0.25) is 5.91 Å². The molecule has 1 aromatic rings. The van der Waals surface area contributed by atoms with Crippen molar-refractivity contribution in [1.29, 1.82) is 0 Å². The molecule has 0 spiro atoms. The van der Waals surface area contributed by atoms with Crippen molar-refractivity contribution < 1.29 is 14.5 Å². The minimum atomic E-state index is -1.01. The summed E-state index contributed by atoms with van der Waals surface area (Å²) in [5.41, 5.74) is 1.19. The number of aliphatic hydroxyl groups excluding tert-OH is 1. The lowest BCUT2D eigenvalue weighted by Gasteiger charge is -2.04. The third-order valence-corrected chi connectivity index (χ3v) is 1.56. The number of hydrogen-bond donors (Lipinski definition) is 2. The molecule has 1 amide bonds. The third-order valence-electron chi connectivity index (χ3n) is 1.56. The summed E-state index contributed by atoms with van der Waals surface area (Å²) >= 11 is 0. The molecular weight excluding hydrogens is 174 g/mol. The maximum atomic E-state index is 10.9. The van der Waals surface area contributed by atoms with Gasteiger partial charge in [-0.3, -0.25) is 4.79 Å². The van der Waals surface area contributed by atoms with Crippen molar-refractivity contribution in [2.75, 3.05) is 0 Å². The smallest absolute Gasteiger partial charge is 0.248 e. The predicted octanol–water partition coefficient (Wildman–Crippen LogP) is -0.625. The minimum Gasteiger partial charge on any atom is -0.384 e. The first kappa shape index (κ1) is 9.66. The van der Waals surface area contributed by atoms with Gasteiger partial charge in [0.1, 0.15) is 17.5 Å². The molecule has 6 nitrogen and oxygen atoms in total. The van der Waals surface area contributed by atoms with Gasteiger partial charge in [-0.05, 0) is 13.8 Å². The number of carbonyl (C=O) groups excluding carboxylic acids is 1. The van der Waals surface area contributed by atoms with Crippen molar-refractivity contribution in [3.63, 3.8) is 0 Å². The Bertz CT molecular complexity index is 295. The third kappa shape index (κ3) is 2.51. The Labute approximate surface area is 74.9 Å². The second-order valence-electron chi connectivity index (χ2n) is 2.69. The molecule has 0 saturated heterocycles. The van der Waals surface area contributed by atoms with Crippen molar-refractivity contribution in [3.8, 4) is 0 Å². The van der Waals surface area contributed by atoms with Gasteiger partial charge in [-0.25, -0.2) is 4.63 Å². The fourth-order valence-corrected chi connectivity index (χ4v) is 0.728. The minimum absolute atomic E-state index is 0.221. The monoisotopic (exact) mass is 185 g/mol. The van der Waals surface area contributed by atoms with Crippen LogP contribution in [0.4, 0.5) is 0 Å². The number of aryl methyl sites for hydroxylation is 1. The van der Waals surface area contributed by atoms with Crippen LogP contribution in [0.15, 0.2) is 4.63 Å². The molecule has 1 atom stereocenters. The fraction of sp³-hybridized carbons (Fsp3) is 0.571. The van der Waals surface area contributed by atoms with E-state index < -0.39 is 12.0 Å². The van der Waals surface area contributed by atoms with E-state index in [-0.39, 0.29) is 6.54 Å². The molecule has 0 radical (unpaired) electrons. The summed E-state index contributed by atoms with van der Waals surface area (Å²) in [4.78, 5) is 10.9. The number of aliphatic hydroxyl groups is 1. The first-order valence-corrected chi connectivity index (χ1v) is 3.85. The Morgan fingerprint density at radius 1 is 1.69 bits per heavy atom. The highest BCUT2D eigenvalue weighted by Crippen LogP contribution is 1.99. The summed E-state index contributed by atoms with van der Waals surface area (Å²) in [6.45, 7) is 3.34. The maximum absolute atomic E-state index is 10.9. The molecule has 0 bridgehead atoms. The summed E-state index contributed by atoms with van der Waals surface area (Å²) in [6, 6.07) is 0. The lowest BCUT2D eigenvalue weighted by Crippen LogP contribution is -2.32. The topological polar surface area (TPSA) is 88.3 Å². The molecule has 0 aromatic carbocycles. The Kier molecular flexibility index (Phi) is 2.97. The molecule has 13 heavy (non-hydrogen) atoms. The van der Waals surface area contributed by atoms with E-state index in [0.717, 1.165) is 0 Å². The van der Waals surface area contributed by atoms with Gasteiger partial charge in [0, 0.05) is 0 Å². The molecule has 0 aliphatic carbocycles. The zero-order valence-electron chi connectivity index (χ0n) is 7.44. The first-order valence-electron chi connectivity index (χ1n) is 3.85. The number of carbonyl (C=O) groups is 1. The van der Waals surface area contributed by atoms with E-state index in [1.807, 2.05) is 0 Å². The molecule has 72 valence electrons. The average molecular weight is 185 g/mol. The summed E-state index contributed by atoms with van der Waals surface area (Å²) in [6.07, 6.45) is -1.01. The molecule has 2 N–H and O–H groups in total. The average Bonchev–Trinajstić information content (AvgIpc) is 2.47. The van der Waals surface area contributed by atoms with Gasteiger partial charge in [0.05, 0.1) is 6.54 Å². The molecule has 0 saturated carbocycles. The first-order chi connectivity index (χ1) is 6.11. The number of aromatic nitrogens is 2. The molecule has 0 aliphatic rings. The molecular formula is C7H11N3O3. The van der Waals surface area contributed by atoms with Crippen LogP contribution < -0.4 is 5.32 Å². The van der Waals surface area contributed by atoms with Gasteiger partial charge in [-0.2, -0.15) is 0 Å². The number of rotatable bonds is 3. The molecule has 6 heteroatoms. The molecule has 1 aromatic heterocycles. The van der Waals surface area contributed by atoms with E-state index in [0.29, 0.717) is 11.4 Å².